The van der Waals surface area contributed by atoms with Gasteiger partial charge in [-0.1, -0.05) is 93.8 Å². The summed E-state index contributed by atoms with van der Waals surface area (Å²) >= 11 is 6.99. The van der Waals surface area contributed by atoms with Crippen LogP contribution in [0.1, 0.15) is 51.5 Å². The van der Waals surface area contributed by atoms with Crippen molar-refractivity contribution >= 4 is 34.2 Å². The van der Waals surface area contributed by atoms with Crippen LogP contribution >= 0.6 is 24.0 Å². The number of thiocarbonyl (C=S) groups is 1. The summed E-state index contributed by atoms with van der Waals surface area (Å²) in [6.07, 6.45) is 5.34. The van der Waals surface area contributed by atoms with E-state index in [1.165, 1.54) is 18.4 Å². The lowest BCUT2D eigenvalue weighted by atomic mass is 9.96. The van der Waals surface area contributed by atoms with Crippen molar-refractivity contribution in [1.29, 1.82) is 0 Å². The molecule has 0 aromatic heterocycles. The Balaban J connectivity index is 1.95. The summed E-state index contributed by atoms with van der Waals surface area (Å²) in [6.45, 7) is 4.00. The number of carbonyl (C=O) groups is 1. The Morgan fingerprint density at radius 1 is 1.32 bits per heavy atom. The van der Waals surface area contributed by atoms with E-state index >= 15 is 0 Å². The number of aliphatic hydroxyl groups is 1. The van der Waals surface area contributed by atoms with Crippen LogP contribution in [0.3, 0.4) is 0 Å². The minimum atomic E-state index is -0.588. The van der Waals surface area contributed by atoms with Crippen LogP contribution in [-0.2, 0) is 11.2 Å². The lowest BCUT2D eigenvalue weighted by molar-refractivity contribution is -0.135. The molecule has 1 N–H and O–H groups in total. The van der Waals surface area contributed by atoms with E-state index < -0.39 is 12.0 Å². The number of amides is 1. The summed E-state index contributed by atoms with van der Waals surface area (Å²) in [5.41, 5.74) is 1.21. The minimum Gasteiger partial charge on any atom is -0.392 e. The average molecular weight is 380 g/mol. The summed E-state index contributed by atoms with van der Waals surface area (Å²) in [4.78, 5) is 14.7. The van der Waals surface area contributed by atoms with Gasteiger partial charge in [-0.05, 0) is 18.4 Å². The number of aliphatic hydroxyl groups excluding tert-OH is 1. The Kier molecular flexibility index (Phi) is 8.40. The number of unbranched alkanes of at least 4 members (excludes halogenated alkanes) is 3. The average Bonchev–Trinajstić information content (AvgIpc) is 2.98. The Morgan fingerprint density at radius 2 is 2.04 bits per heavy atom. The van der Waals surface area contributed by atoms with Gasteiger partial charge in [0.2, 0.25) is 5.91 Å². The predicted molar refractivity (Wildman–Crippen MR) is 110 cm³/mol. The summed E-state index contributed by atoms with van der Waals surface area (Å²) in [5.74, 6) is 0.397. The molecule has 1 saturated heterocycles. The number of benzene rings is 1. The second-order valence-corrected chi connectivity index (χ2v) is 8.49. The fraction of sp³-hybridized carbons (Fsp3) is 0.600. The van der Waals surface area contributed by atoms with Gasteiger partial charge in [0.05, 0.1) is 18.1 Å². The van der Waals surface area contributed by atoms with Crippen molar-refractivity contribution in [2.75, 3.05) is 5.75 Å². The van der Waals surface area contributed by atoms with Crippen LogP contribution in [-0.4, -0.2) is 38.1 Å². The highest BCUT2D eigenvalue weighted by Gasteiger charge is 2.37. The van der Waals surface area contributed by atoms with Crippen molar-refractivity contribution in [3.05, 3.63) is 35.9 Å². The number of thioether (sulfide) groups is 1. The van der Waals surface area contributed by atoms with E-state index in [0.29, 0.717) is 10.7 Å². The minimum absolute atomic E-state index is 0.0288. The number of nitrogens with zero attached hydrogens (tertiary/aromatic N) is 1. The zero-order chi connectivity index (χ0) is 18.2. The summed E-state index contributed by atoms with van der Waals surface area (Å²) in [7, 11) is 0. The van der Waals surface area contributed by atoms with Gasteiger partial charge < -0.3 is 5.11 Å². The van der Waals surface area contributed by atoms with Gasteiger partial charge in [-0.25, -0.2) is 0 Å². The molecule has 0 bridgehead atoms. The van der Waals surface area contributed by atoms with E-state index in [9.17, 15) is 9.90 Å². The molecule has 1 aromatic carbocycles. The third-order valence-corrected chi connectivity index (χ3v) is 6.38. The van der Waals surface area contributed by atoms with Gasteiger partial charge in [0.15, 0.2) is 0 Å². The fourth-order valence-electron chi connectivity index (χ4n) is 3.18. The molecule has 1 aliphatic rings. The second kappa shape index (κ2) is 10.3. The molecule has 1 amide bonds. The molecule has 0 aliphatic carbocycles. The Hall–Kier alpha value is -0.910. The van der Waals surface area contributed by atoms with E-state index in [0.717, 1.165) is 25.0 Å². The van der Waals surface area contributed by atoms with Crippen LogP contribution in [0.15, 0.2) is 30.3 Å². The van der Waals surface area contributed by atoms with E-state index in [4.69, 9.17) is 12.2 Å². The van der Waals surface area contributed by atoms with Gasteiger partial charge in [-0.2, -0.15) is 0 Å². The maximum Gasteiger partial charge on any atom is 0.233 e. The summed E-state index contributed by atoms with van der Waals surface area (Å²) in [5, 5.41) is 10.4. The molecule has 0 unspecified atom stereocenters. The lowest BCUT2D eigenvalue weighted by Gasteiger charge is -2.28. The monoisotopic (exact) mass is 379 g/mol. The molecule has 3 nitrogen and oxygen atoms in total. The predicted octanol–water partition coefficient (Wildman–Crippen LogP) is 4.43. The Labute approximate surface area is 161 Å². The first-order valence-electron chi connectivity index (χ1n) is 9.26. The maximum atomic E-state index is 13.0. The SMILES string of the molecule is CCCCCC[C@@H](O)[C@H](C)C(=O)N1C(=S)SC[C@@H]1Cc1ccccc1. The Morgan fingerprint density at radius 3 is 2.72 bits per heavy atom. The molecule has 1 heterocycles. The zero-order valence-corrected chi connectivity index (χ0v) is 16.8. The van der Waals surface area contributed by atoms with Crippen LogP contribution in [0.25, 0.3) is 0 Å². The van der Waals surface area contributed by atoms with Crippen molar-refractivity contribution in [1.82, 2.24) is 4.90 Å². The first kappa shape index (κ1) is 20.4. The largest absolute Gasteiger partial charge is 0.392 e. The first-order valence-corrected chi connectivity index (χ1v) is 10.7. The van der Waals surface area contributed by atoms with E-state index in [-0.39, 0.29) is 11.9 Å². The van der Waals surface area contributed by atoms with Crippen molar-refractivity contribution in [3.63, 3.8) is 0 Å². The maximum absolute atomic E-state index is 13.0. The fourth-order valence-corrected chi connectivity index (χ4v) is 4.60. The third kappa shape index (κ3) is 5.80. The van der Waals surface area contributed by atoms with E-state index in [1.54, 1.807) is 16.7 Å². The molecule has 2 rings (SSSR count). The molecule has 25 heavy (non-hydrogen) atoms. The molecule has 1 aromatic rings. The first-order chi connectivity index (χ1) is 12.0. The molecule has 0 saturated carbocycles. The highest BCUT2D eigenvalue weighted by molar-refractivity contribution is 8.23. The van der Waals surface area contributed by atoms with Crippen molar-refractivity contribution in [2.45, 2.75) is 64.5 Å². The molecule has 5 heteroatoms. The third-order valence-electron chi connectivity index (χ3n) is 4.83. The highest BCUT2D eigenvalue weighted by atomic mass is 32.2. The van der Waals surface area contributed by atoms with Crippen molar-refractivity contribution < 1.29 is 9.90 Å². The van der Waals surface area contributed by atoms with Gasteiger partial charge in [0, 0.05) is 5.75 Å². The van der Waals surface area contributed by atoms with Crippen LogP contribution in [0, 0.1) is 5.92 Å². The Bertz CT molecular complexity index is 564. The molecule has 0 radical (unpaired) electrons. The van der Waals surface area contributed by atoms with Crippen molar-refractivity contribution in [3.8, 4) is 0 Å². The molecule has 138 valence electrons. The second-order valence-electron chi connectivity index (χ2n) is 6.83. The topological polar surface area (TPSA) is 40.5 Å². The molecule has 0 spiro atoms. The smallest absolute Gasteiger partial charge is 0.233 e. The van der Waals surface area contributed by atoms with Gasteiger partial charge in [-0.3, -0.25) is 9.69 Å². The van der Waals surface area contributed by atoms with Crippen molar-refractivity contribution in [2.24, 2.45) is 5.92 Å². The zero-order valence-electron chi connectivity index (χ0n) is 15.2. The number of carbonyl (C=O) groups excluding carboxylic acids is 1. The molecule has 1 aliphatic heterocycles. The highest BCUT2D eigenvalue weighted by Crippen LogP contribution is 2.29. The number of rotatable bonds is 9. The van der Waals surface area contributed by atoms with E-state index in [2.05, 4.69) is 19.1 Å². The normalized spacial score (nSPS) is 19.9. The molecular weight excluding hydrogens is 350 g/mol. The quantitative estimate of drug-likeness (QED) is 0.509. The number of hydrogen-bond acceptors (Lipinski definition) is 4. The lowest BCUT2D eigenvalue weighted by Crippen LogP contribution is -2.45. The summed E-state index contributed by atoms with van der Waals surface area (Å²) < 4.78 is 0.649. The van der Waals surface area contributed by atoms with Gasteiger partial charge in [0.25, 0.3) is 0 Å². The van der Waals surface area contributed by atoms with Crippen LogP contribution in [0.2, 0.25) is 0 Å². The standard InChI is InChI=1S/C20H29NO2S2/c1-3-4-5-9-12-18(22)15(2)19(23)21-17(14-25-20(21)24)13-16-10-7-6-8-11-16/h6-8,10-11,15,17-18,22H,3-5,9,12-14H2,1-2H3/t15-,17-,18+/m0/s1. The van der Waals surface area contributed by atoms with Gasteiger partial charge in [0.1, 0.15) is 4.32 Å². The van der Waals surface area contributed by atoms with Crippen LogP contribution < -0.4 is 0 Å². The molecule has 3 atom stereocenters. The van der Waals surface area contributed by atoms with Crippen LogP contribution in [0.5, 0.6) is 0 Å². The van der Waals surface area contributed by atoms with Crippen LogP contribution in [0.4, 0.5) is 0 Å². The number of hydrogen-bond donors (Lipinski definition) is 1. The van der Waals surface area contributed by atoms with Gasteiger partial charge >= 0.3 is 0 Å². The van der Waals surface area contributed by atoms with E-state index in [1.807, 2.05) is 25.1 Å². The molecular formula is C20H29NO2S2. The van der Waals surface area contributed by atoms with Gasteiger partial charge in [-0.15, -0.1) is 0 Å². The summed E-state index contributed by atoms with van der Waals surface area (Å²) in [6, 6.07) is 10.3. The molecule has 1 fully saturated rings.